The van der Waals surface area contributed by atoms with Gasteiger partial charge >= 0.3 is 0 Å². The predicted octanol–water partition coefficient (Wildman–Crippen LogP) is 6.53. The van der Waals surface area contributed by atoms with E-state index < -0.39 is 0 Å². The lowest BCUT2D eigenvalue weighted by atomic mass is 9.91. The highest BCUT2D eigenvalue weighted by atomic mass is 16.5. The maximum atomic E-state index is 14.2. The molecule has 1 amide bonds. The monoisotopic (exact) mass is 521 g/mol. The van der Waals surface area contributed by atoms with Crippen molar-refractivity contribution in [3.8, 4) is 11.1 Å². The second-order valence-electron chi connectivity index (χ2n) is 10.6. The molecule has 1 aliphatic heterocycles. The number of carbonyl (C=O) groups is 1. The first-order valence-electron chi connectivity index (χ1n) is 14.0. The number of ether oxygens (including phenoxy) is 1. The Hall–Kier alpha value is -3.67. The molecule has 5 nitrogen and oxygen atoms in total. The summed E-state index contributed by atoms with van der Waals surface area (Å²) in [5.74, 6) is 0.119. The van der Waals surface area contributed by atoms with Crippen LogP contribution in [0.1, 0.15) is 37.8 Å². The Morgan fingerprint density at radius 3 is 2.51 bits per heavy atom. The van der Waals surface area contributed by atoms with Crippen LogP contribution in [-0.4, -0.2) is 48.2 Å². The molecule has 0 spiro atoms. The zero-order chi connectivity index (χ0) is 27.2. The van der Waals surface area contributed by atoms with Crippen molar-refractivity contribution >= 4 is 22.4 Å². The van der Waals surface area contributed by atoms with E-state index in [1.807, 2.05) is 11.0 Å². The number of fused-ring (bicyclic) bond motifs is 1. The van der Waals surface area contributed by atoms with Crippen molar-refractivity contribution in [2.45, 2.75) is 45.8 Å². The first-order valence-corrected chi connectivity index (χ1v) is 14.0. The lowest BCUT2D eigenvalue weighted by Gasteiger charge is -2.31. The molecule has 5 heteroatoms. The summed E-state index contributed by atoms with van der Waals surface area (Å²) in [7, 11) is 1.74. The van der Waals surface area contributed by atoms with Crippen molar-refractivity contribution in [3.05, 3.63) is 102 Å². The number of amides is 1. The zero-order valence-electron chi connectivity index (χ0n) is 23.3. The molecule has 2 heterocycles. The Labute approximate surface area is 232 Å². The molecule has 0 unspecified atom stereocenters. The van der Waals surface area contributed by atoms with Crippen molar-refractivity contribution in [2.24, 2.45) is 0 Å². The van der Waals surface area contributed by atoms with Gasteiger partial charge in [-0.1, -0.05) is 66.7 Å². The number of aryl methyl sites for hydroxylation is 1. The molecule has 1 N–H and O–H groups in total. The van der Waals surface area contributed by atoms with E-state index in [1.54, 1.807) is 7.11 Å². The summed E-state index contributed by atoms with van der Waals surface area (Å²) in [5.41, 5.74) is 7.92. The first-order chi connectivity index (χ1) is 19.1. The summed E-state index contributed by atoms with van der Waals surface area (Å²) in [6, 6.07) is 27.6. The van der Waals surface area contributed by atoms with Crippen LogP contribution in [-0.2, 0) is 22.6 Å². The Balaban J connectivity index is 1.48. The molecule has 0 saturated heterocycles. The second kappa shape index (κ2) is 12.5. The van der Waals surface area contributed by atoms with Gasteiger partial charge in [-0.15, -0.1) is 0 Å². The van der Waals surface area contributed by atoms with E-state index in [-0.39, 0.29) is 11.9 Å². The molecular formula is C34H39N3O2. The van der Waals surface area contributed by atoms with Gasteiger partial charge in [0.1, 0.15) is 0 Å². The molecule has 3 aromatic carbocycles. The summed E-state index contributed by atoms with van der Waals surface area (Å²) in [6.45, 7) is 7.89. The average Bonchev–Trinajstić information content (AvgIpc) is 3.33. The van der Waals surface area contributed by atoms with Gasteiger partial charge < -0.3 is 19.5 Å². The van der Waals surface area contributed by atoms with Gasteiger partial charge in [-0.05, 0) is 73.2 Å². The molecule has 0 fully saturated rings. The number of benzene rings is 3. The number of rotatable bonds is 10. The molecule has 0 aliphatic carbocycles. The fourth-order valence-corrected chi connectivity index (χ4v) is 5.58. The fraction of sp³-hybridized carbons (Fsp3) is 0.324. The Kier molecular flexibility index (Phi) is 8.60. The summed E-state index contributed by atoms with van der Waals surface area (Å²) >= 11 is 0. The molecule has 1 aromatic heterocycles. The van der Waals surface area contributed by atoms with Crippen LogP contribution < -0.4 is 5.32 Å². The molecule has 0 atom stereocenters. The summed E-state index contributed by atoms with van der Waals surface area (Å²) in [6.07, 6.45) is 4.01. The van der Waals surface area contributed by atoms with Crippen LogP contribution in [0, 0.1) is 0 Å². The number of aromatic nitrogens is 1. The summed E-state index contributed by atoms with van der Waals surface area (Å²) < 4.78 is 7.58. The van der Waals surface area contributed by atoms with Crippen LogP contribution in [0.3, 0.4) is 0 Å². The van der Waals surface area contributed by atoms with Gasteiger partial charge in [0.25, 0.3) is 5.91 Å². The minimum Gasteiger partial charge on any atom is -0.385 e. The van der Waals surface area contributed by atoms with Gasteiger partial charge in [-0.3, -0.25) is 4.79 Å². The van der Waals surface area contributed by atoms with E-state index in [9.17, 15) is 4.79 Å². The third-order valence-corrected chi connectivity index (χ3v) is 7.64. The Morgan fingerprint density at radius 2 is 1.72 bits per heavy atom. The fourth-order valence-electron chi connectivity index (χ4n) is 5.58. The second-order valence-corrected chi connectivity index (χ2v) is 10.6. The van der Waals surface area contributed by atoms with Gasteiger partial charge in [-0.25, -0.2) is 0 Å². The minimum absolute atomic E-state index is 0.0689. The number of nitrogens with one attached hydrogen (secondary N) is 1. The normalized spacial score (nSPS) is 13.8. The maximum Gasteiger partial charge on any atom is 0.251 e. The number of hydrogen-bond donors (Lipinski definition) is 1. The maximum absolute atomic E-state index is 14.2. The Morgan fingerprint density at radius 1 is 0.974 bits per heavy atom. The van der Waals surface area contributed by atoms with E-state index >= 15 is 0 Å². The van der Waals surface area contributed by atoms with Crippen molar-refractivity contribution in [1.29, 1.82) is 0 Å². The molecule has 39 heavy (non-hydrogen) atoms. The quantitative estimate of drug-likeness (QED) is 0.241. The smallest absolute Gasteiger partial charge is 0.251 e. The summed E-state index contributed by atoms with van der Waals surface area (Å²) in [4.78, 5) is 16.3. The van der Waals surface area contributed by atoms with Crippen molar-refractivity contribution in [2.75, 3.05) is 26.8 Å². The van der Waals surface area contributed by atoms with E-state index in [2.05, 4.69) is 103 Å². The van der Waals surface area contributed by atoms with Crippen molar-refractivity contribution in [3.63, 3.8) is 0 Å². The third kappa shape index (κ3) is 6.00. The zero-order valence-corrected chi connectivity index (χ0v) is 23.3. The van der Waals surface area contributed by atoms with Gasteiger partial charge in [-0.2, -0.15) is 0 Å². The molecule has 1 aliphatic rings. The van der Waals surface area contributed by atoms with Crippen LogP contribution in [0.2, 0.25) is 0 Å². The molecular weight excluding hydrogens is 482 g/mol. The first kappa shape index (κ1) is 26.9. The van der Waals surface area contributed by atoms with Crippen LogP contribution in [0.25, 0.3) is 27.6 Å². The van der Waals surface area contributed by atoms with Gasteiger partial charge in [0.2, 0.25) is 0 Å². The van der Waals surface area contributed by atoms with Crippen LogP contribution in [0.15, 0.2) is 90.6 Å². The highest BCUT2D eigenvalue weighted by Crippen LogP contribution is 2.31. The predicted molar refractivity (Wildman–Crippen MR) is 160 cm³/mol. The number of hydrogen-bond acceptors (Lipinski definition) is 3. The molecule has 0 bridgehead atoms. The number of nitrogens with zero attached hydrogens (tertiary/aromatic N) is 2. The highest BCUT2D eigenvalue weighted by molar-refractivity contribution is 6.02. The summed E-state index contributed by atoms with van der Waals surface area (Å²) in [5, 5.41) is 4.67. The van der Waals surface area contributed by atoms with Gasteiger partial charge in [0, 0.05) is 62.1 Å². The lowest BCUT2D eigenvalue weighted by molar-refractivity contribution is -0.129. The molecule has 4 aromatic rings. The largest absolute Gasteiger partial charge is 0.385 e. The topological polar surface area (TPSA) is 46.5 Å². The highest BCUT2D eigenvalue weighted by Gasteiger charge is 2.27. The van der Waals surface area contributed by atoms with Gasteiger partial charge in [0.15, 0.2) is 0 Å². The number of carbonyl (C=O) groups excluding carboxylic acids is 1. The standard InChI is InChI=1S/C34H39N3O2/c1-25(2)37(24-29-23-36(19-10-20-39-3)33-16-8-7-15-31(29)33)34(38)32-22-35-18-17-30(32)28-14-9-13-27(21-28)26-11-5-4-6-12-26/h4-9,11-16,21,23,25,35H,10,17-20,22,24H2,1-3H3. The average molecular weight is 522 g/mol. The van der Waals surface area contributed by atoms with Gasteiger partial charge in [0.05, 0.1) is 0 Å². The van der Waals surface area contributed by atoms with Crippen LogP contribution in [0.5, 0.6) is 0 Å². The molecule has 5 rings (SSSR count). The lowest BCUT2D eigenvalue weighted by Crippen LogP contribution is -2.41. The molecule has 0 saturated carbocycles. The number of methoxy groups -OCH3 is 1. The van der Waals surface area contributed by atoms with E-state index in [1.165, 1.54) is 27.6 Å². The van der Waals surface area contributed by atoms with Crippen molar-refractivity contribution in [1.82, 2.24) is 14.8 Å². The SMILES string of the molecule is COCCCn1cc(CN(C(=O)C2=C(c3cccc(-c4ccccc4)c3)CCNC2)C(C)C)c2ccccc21. The van der Waals surface area contributed by atoms with Crippen LogP contribution >= 0.6 is 0 Å². The number of para-hydroxylation sites is 1. The van der Waals surface area contributed by atoms with E-state index in [0.717, 1.165) is 49.2 Å². The third-order valence-electron chi connectivity index (χ3n) is 7.64. The molecule has 202 valence electrons. The van der Waals surface area contributed by atoms with Crippen molar-refractivity contribution < 1.29 is 9.53 Å². The van der Waals surface area contributed by atoms with E-state index in [4.69, 9.17) is 4.74 Å². The Bertz CT molecular complexity index is 1450. The van der Waals surface area contributed by atoms with Crippen LogP contribution in [0.4, 0.5) is 0 Å². The molecule has 0 radical (unpaired) electrons. The van der Waals surface area contributed by atoms with E-state index in [0.29, 0.717) is 13.1 Å². The minimum atomic E-state index is 0.0689.